The van der Waals surface area contributed by atoms with Gasteiger partial charge in [0.1, 0.15) is 5.75 Å². The molecule has 0 unspecified atom stereocenters. The molecule has 0 atom stereocenters. The molecule has 2 aromatic rings. The number of hydrogen-bond acceptors (Lipinski definition) is 3. The van der Waals surface area contributed by atoms with E-state index in [1.165, 1.54) is 6.07 Å². The zero-order valence-corrected chi connectivity index (χ0v) is 10.3. The highest BCUT2D eigenvalue weighted by atomic mass is 16.3. The fourth-order valence-corrected chi connectivity index (χ4v) is 1.60. The van der Waals surface area contributed by atoms with Crippen LogP contribution >= 0.6 is 0 Å². The van der Waals surface area contributed by atoms with Gasteiger partial charge in [-0.2, -0.15) is 0 Å². The van der Waals surface area contributed by atoms with Crippen LogP contribution in [0.2, 0.25) is 0 Å². The van der Waals surface area contributed by atoms with E-state index in [0.717, 1.165) is 5.56 Å². The highest BCUT2D eigenvalue weighted by molar-refractivity contribution is 5.91. The lowest BCUT2D eigenvalue weighted by Crippen LogP contribution is -2.28. The number of nitrogen functional groups attached to an aromatic ring is 1. The summed E-state index contributed by atoms with van der Waals surface area (Å²) in [5.74, 6) is -0.0603. The number of hydrogen-bond donors (Lipinski definition) is 4. The summed E-state index contributed by atoms with van der Waals surface area (Å²) in [6.07, 6.45) is 0. The largest absolute Gasteiger partial charge is 0.506 e. The van der Waals surface area contributed by atoms with Crippen LogP contribution in [0.3, 0.4) is 0 Å². The third-order valence-corrected chi connectivity index (χ3v) is 2.57. The second-order valence-corrected chi connectivity index (χ2v) is 4.07. The Labute approximate surface area is 111 Å². The van der Waals surface area contributed by atoms with Gasteiger partial charge in [-0.3, -0.25) is 0 Å². The normalized spacial score (nSPS) is 9.89. The Balaban J connectivity index is 1.91. The van der Waals surface area contributed by atoms with Crippen LogP contribution in [0, 0.1) is 0 Å². The maximum Gasteiger partial charge on any atom is 0.319 e. The summed E-state index contributed by atoms with van der Waals surface area (Å²) in [7, 11) is 0. The zero-order valence-electron chi connectivity index (χ0n) is 10.3. The van der Waals surface area contributed by atoms with E-state index in [1.807, 2.05) is 30.3 Å². The van der Waals surface area contributed by atoms with E-state index in [2.05, 4.69) is 10.6 Å². The van der Waals surface area contributed by atoms with Crippen LogP contribution < -0.4 is 16.4 Å². The van der Waals surface area contributed by atoms with Crippen molar-refractivity contribution in [1.82, 2.24) is 5.32 Å². The van der Waals surface area contributed by atoms with Gasteiger partial charge in [0.15, 0.2) is 0 Å². The summed E-state index contributed by atoms with van der Waals surface area (Å²) in [4.78, 5) is 11.7. The molecule has 0 aromatic heterocycles. The minimum Gasteiger partial charge on any atom is -0.506 e. The lowest BCUT2D eigenvalue weighted by Gasteiger charge is -2.09. The Morgan fingerprint density at radius 3 is 2.58 bits per heavy atom. The number of rotatable bonds is 3. The minimum absolute atomic E-state index is 0.0603. The van der Waals surface area contributed by atoms with Crippen molar-refractivity contribution in [3.63, 3.8) is 0 Å². The van der Waals surface area contributed by atoms with Crippen molar-refractivity contribution in [3.05, 3.63) is 54.1 Å². The second-order valence-electron chi connectivity index (χ2n) is 4.07. The van der Waals surface area contributed by atoms with Crippen LogP contribution in [0.15, 0.2) is 48.5 Å². The average Bonchev–Trinajstić information content (AvgIpc) is 2.41. The summed E-state index contributed by atoms with van der Waals surface area (Å²) in [5, 5.41) is 14.9. The number of urea groups is 1. The van der Waals surface area contributed by atoms with E-state index in [9.17, 15) is 9.90 Å². The van der Waals surface area contributed by atoms with Gasteiger partial charge in [-0.25, -0.2) is 4.79 Å². The van der Waals surface area contributed by atoms with Gasteiger partial charge in [0.2, 0.25) is 0 Å². The molecular formula is C14H15N3O2. The monoisotopic (exact) mass is 257 g/mol. The van der Waals surface area contributed by atoms with Gasteiger partial charge in [0.25, 0.3) is 0 Å². The lowest BCUT2D eigenvalue weighted by atomic mass is 10.2. The second kappa shape index (κ2) is 5.77. The number of phenolic OH excluding ortho intramolecular Hbond substituents is 1. The van der Waals surface area contributed by atoms with Crippen LogP contribution in [-0.4, -0.2) is 11.1 Å². The van der Waals surface area contributed by atoms with Gasteiger partial charge in [-0.1, -0.05) is 30.3 Å². The van der Waals surface area contributed by atoms with Crippen LogP contribution in [0.4, 0.5) is 16.2 Å². The van der Waals surface area contributed by atoms with Crippen LogP contribution in [0.5, 0.6) is 5.75 Å². The molecule has 2 rings (SSSR count). The Morgan fingerprint density at radius 2 is 1.89 bits per heavy atom. The summed E-state index contributed by atoms with van der Waals surface area (Å²) in [6.45, 7) is 0.419. The Kier molecular flexibility index (Phi) is 3.87. The van der Waals surface area contributed by atoms with Gasteiger partial charge in [0, 0.05) is 18.3 Å². The molecule has 0 saturated carbocycles. The quantitative estimate of drug-likeness (QED) is 0.502. The lowest BCUT2D eigenvalue weighted by molar-refractivity contribution is 0.251. The van der Waals surface area contributed by atoms with E-state index >= 15 is 0 Å². The van der Waals surface area contributed by atoms with Crippen molar-refractivity contribution in [2.45, 2.75) is 6.54 Å². The number of carbonyl (C=O) groups is 1. The first kappa shape index (κ1) is 12.8. The van der Waals surface area contributed by atoms with Crippen LogP contribution in [0.1, 0.15) is 5.56 Å². The van der Waals surface area contributed by atoms with E-state index in [0.29, 0.717) is 17.9 Å². The van der Waals surface area contributed by atoms with E-state index in [-0.39, 0.29) is 11.8 Å². The van der Waals surface area contributed by atoms with E-state index in [4.69, 9.17) is 5.73 Å². The average molecular weight is 257 g/mol. The molecule has 0 fully saturated rings. The highest BCUT2D eigenvalue weighted by Gasteiger charge is 2.05. The smallest absolute Gasteiger partial charge is 0.319 e. The first-order valence-electron chi connectivity index (χ1n) is 5.82. The maximum atomic E-state index is 11.7. The molecule has 5 nitrogen and oxygen atoms in total. The molecule has 0 aliphatic heterocycles. The number of nitrogens with two attached hydrogens (primary N) is 1. The van der Waals surface area contributed by atoms with Crippen LogP contribution in [0.25, 0.3) is 0 Å². The third-order valence-electron chi connectivity index (χ3n) is 2.57. The number of anilines is 2. The summed E-state index contributed by atoms with van der Waals surface area (Å²) in [6, 6.07) is 13.7. The number of nitrogens with one attached hydrogen (secondary N) is 2. The Morgan fingerprint density at radius 1 is 1.16 bits per heavy atom. The predicted molar refractivity (Wildman–Crippen MR) is 74.8 cm³/mol. The molecule has 0 aliphatic rings. The summed E-state index contributed by atoms with van der Waals surface area (Å²) in [5.41, 5.74) is 7.26. The number of aromatic hydroxyl groups is 1. The number of carbonyl (C=O) groups excluding carboxylic acids is 1. The van der Waals surface area contributed by atoms with Crippen molar-refractivity contribution in [1.29, 1.82) is 0 Å². The fraction of sp³-hybridized carbons (Fsp3) is 0.0714. The topological polar surface area (TPSA) is 87.4 Å². The summed E-state index contributed by atoms with van der Waals surface area (Å²) >= 11 is 0. The van der Waals surface area contributed by atoms with Crippen molar-refractivity contribution in [2.24, 2.45) is 0 Å². The molecule has 0 spiro atoms. The number of benzene rings is 2. The molecule has 0 aliphatic carbocycles. The highest BCUT2D eigenvalue weighted by Crippen LogP contribution is 2.24. The van der Waals surface area contributed by atoms with Crippen molar-refractivity contribution in [2.75, 3.05) is 11.1 Å². The summed E-state index contributed by atoms with van der Waals surface area (Å²) < 4.78 is 0. The van der Waals surface area contributed by atoms with Gasteiger partial charge < -0.3 is 21.5 Å². The number of amides is 2. The maximum absolute atomic E-state index is 11.7. The van der Waals surface area contributed by atoms with Crippen molar-refractivity contribution < 1.29 is 9.90 Å². The molecule has 0 saturated heterocycles. The third kappa shape index (κ3) is 3.64. The molecule has 19 heavy (non-hydrogen) atoms. The predicted octanol–water partition coefficient (Wildman–Crippen LogP) is 2.30. The first-order chi connectivity index (χ1) is 9.15. The SMILES string of the molecule is Nc1ccc(NC(=O)NCc2ccccc2)c(O)c1. The molecule has 0 bridgehead atoms. The van der Waals surface area contributed by atoms with Gasteiger partial charge >= 0.3 is 6.03 Å². The molecule has 2 aromatic carbocycles. The number of phenols is 1. The van der Waals surface area contributed by atoms with Crippen molar-refractivity contribution >= 4 is 17.4 Å². The van der Waals surface area contributed by atoms with Crippen LogP contribution in [-0.2, 0) is 6.54 Å². The zero-order chi connectivity index (χ0) is 13.7. The molecule has 5 N–H and O–H groups in total. The van der Waals surface area contributed by atoms with E-state index < -0.39 is 0 Å². The fourth-order valence-electron chi connectivity index (χ4n) is 1.60. The molecule has 0 heterocycles. The minimum atomic E-state index is -0.385. The standard InChI is InChI=1S/C14H15N3O2/c15-11-6-7-12(13(18)8-11)17-14(19)16-9-10-4-2-1-3-5-10/h1-8,18H,9,15H2,(H2,16,17,19). The van der Waals surface area contributed by atoms with Crippen molar-refractivity contribution in [3.8, 4) is 5.75 Å². The molecule has 0 radical (unpaired) electrons. The van der Waals surface area contributed by atoms with Gasteiger partial charge in [0.05, 0.1) is 5.69 Å². The molecule has 2 amide bonds. The molecule has 98 valence electrons. The Bertz CT molecular complexity index is 570. The van der Waals surface area contributed by atoms with E-state index in [1.54, 1.807) is 12.1 Å². The van der Waals surface area contributed by atoms with Gasteiger partial charge in [-0.05, 0) is 17.7 Å². The molecule has 5 heteroatoms. The first-order valence-corrected chi connectivity index (χ1v) is 5.82. The molecular weight excluding hydrogens is 242 g/mol. The Hall–Kier alpha value is -2.69. The van der Waals surface area contributed by atoms with Gasteiger partial charge in [-0.15, -0.1) is 0 Å².